The van der Waals surface area contributed by atoms with Gasteiger partial charge in [-0.3, -0.25) is 4.79 Å². The minimum atomic E-state index is -0.574. The molecule has 4 atom stereocenters. The van der Waals surface area contributed by atoms with E-state index < -0.39 is 6.10 Å². The van der Waals surface area contributed by atoms with Gasteiger partial charge >= 0.3 is 5.97 Å². The molecule has 106 valence electrons. The SMILES string of the molecule is C/C1=C/[C@H]2OC(=O)[C@H](C)[C@@H]2CC/C(CO)=C\C[C@@H]1O. The maximum Gasteiger partial charge on any atom is 0.309 e. The lowest BCUT2D eigenvalue weighted by molar-refractivity contribution is -0.142. The number of aliphatic hydroxyl groups is 2. The van der Waals surface area contributed by atoms with E-state index in [0.29, 0.717) is 6.42 Å². The van der Waals surface area contributed by atoms with Gasteiger partial charge in [-0.25, -0.2) is 0 Å². The van der Waals surface area contributed by atoms with Crippen molar-refractivity contribution in [3.63, 3.8) is 0 Å². The first kappa shape index (κ1) is 14.3. The molecule has 0 radical (unpaired) electrons. The minimum Gasteiger partial charge on any atom is -0.458 e. The Morgan fingerprint density at radius 3 is 2.89 bits per heavy atom. The Bertz CT molecular complexity index is 410. The van der Waals surface area contributed by atoms with E-state index in [4.69, 9.17) is 4.74 Å². The third kappa shape index (κ3) is 3.07. The van der Waals surface area contributed by atoms with Crippen LogP contribution in [0.2, 0.25) is 0 Å². The number of hydrogen-bond donors (Lipinski definition) is 2. The van der Waals surface area contributed by atoms with E-state index in [-0.39, 0.29) is 30.5 Å². The second-order valence-corrected chi connectivity index (χ2v) is 5.58. The largest absolute Gasteiger partial charge is 0.458 e. The van der Waals surface area contributed by atoms with Crippen molar-refractivity contribution in [1.29, 1.82) is 0 Å². The molecule has 1 saturated heterocycles. The van der Waals surface area contributed by atoms with E-state index in [1.807, 2.05) is 26.0 Å². The lowest BCUT2D eigenvalue weighted by Crippen LogP contribution is -2.21. The van der Waals surface area contributed by atoms with Crippen molar-refractivity contribution in [3.05, 3.63) is 23.3 Å². The predicted octanol–water partition coefficient (Wildman–Crippen LogP) is 1.57. The minimum absolute atomic E-state index is 0.00997. The maximum atomic E-state index is 11.7. The van der Waals surface area contributed by atoms with Gasteiger partial charge in [0.2, 0.25) is 0 Å². The van der Waals surface area contributed by atoms with Gasteiger partial charge in [-0.05, 0) is 43.4 Å². The first-order valence-corrected chi connectivity index (χ1v) is 6.88. The fourth-order valence-electron chi connectivity index (χ4n) is 2.79. The Morgan fingerprint density at radius 1 is 1.47 bits per heavy atom. The average molecular weight is 266 g/mol. The molecule has 0 amide bonds. The first-order chi connectivity index (χ1) is 9.02. The highest BCUT2D eigenvalue weighted by Crippen LogP contribution is 2.35. The summed E-state index contributed by atoms with van der Waals surface area (Å²) in [5.74, 6) is -0.157. The van der Waals surface area contributed by atoms with Crippen molar-refractivity contribution >= 4 is 5.97 Å². The van der Waals surface area contributed by atoms with Crippen LogP contribution in [0.1, 0.15) is 33.1 Å². The summed E-state index contributed by atoms with van der Waals surface area (Å²) < 4.78 is 5.39. The molecule has 1 fully saturated rings. The van der Waals surface area contributed by atoms with Crippen LogP contribution in [0.15, 0.2) is 23.3 Å². The Balaban J connectivity index is 2.26. The number of carbonyl (C=O) groups is 1. The molecule has 0 bridgehead atoms. The predicted molar refractivity (Wildman–Crippen MR) is 71.3 cm³/mol. The van der Waals surface area contributed by atoms with Crippen molar-refractivity contribution in [2.24, 2.45) is 11.8 Å². The number of carbonyl (C=O) groups excluding carboxylic acids is 1. The number of aliphatic hydroxyl groups excluding tert-OH is 2. The van der Waals surface area contributed by atoms with Gasteiger partial charge in [-0.2, -0.15) is 0 Å². The van der Waals surface area contributed by atoms with Gasteiger partial charge in [0.1, 0.15) is 6.10 Å². The normalized spacial score (nSPS) is 41.6. The molecule has 0 unspecified atom stereocenters. The van der Waals surface area contributed by atoms with Gasteiger partial charge in [0.15, 0.2) is 0 Å². The molecule has 0 aromatic heterocycles. The molecule has 0 aromatic rings. The molecule has 0 spiro atoms. The number of esters is 1. The van der Waals surface area contributed by atoms with Crippen LogP contribution in [0.3, 0.4) is 0 Å². The summed E-state index contributed by atoms with van der Waals surface area (Å²) in [6.45, 7) is 3.75. The summed E-state index contributed by atoms with van der Waals surface area (Å²) in [4.78, 5) is 11.7. The Labute approximate surface area is 113 Å². The summed E-state index contributed by atoms with van der Waals surface area (Å²) in [5.41, 5.74) is 1.76. The van der Waals surface area contributed by atoms with Crippen LogP contribution in [-0.4, -0.2) is 35.0 Å². The topological polar surface area (TPSA) is 66.8 Å². The zero-order chi connectivity index (χ0) is 14.0. The standard InChI is InChI=1S/C15H22O4/c1-9-7-14-12(10(2)15(18)19-14)5-3-11(8-16)4-6-13(9)17/h4,7,10,12-14,16-17H,3,5-6,8H2,1-2H3/b9-7-,11-4+/t10-,12+,13+,14-/m1/s1. The number of fused-ring (bicyclic) bond motifs is 1. The van der Waals surface area contributed by atoms with Crippen molar-refractivity contribution in [2.75, 3.05) is 6.61 Å². The van der Waals surface area contributed by atoms with Crippen molar-refractivity contribution in [3.8, 4) is 0 Å². The molecule has 4 nitrogen and oxygen atoms in total. The second-order valence-electron chi connectivity index (χ2n) is 5.58. The van der Waals surface area contributed by atoms with Crippen LogP contribution in [0, 0.1) is 11.8 Å². The Kier molecular flexibility index (Phi) is 4.42. The van der Waals surface area contributed by atoms with E-state index in [9.17, 15) is 15.0 Å². The van der Waals surface area contributed by atoms with E-state index in [1.54, 1.807) is 0 Å². The van der Waals surface area contributed by atoms with Crippen molar-refractivity contribution < 1.29 is 19.7 Å². The van der Waals surface area contributed by atoms with E-state index in [2.05, 4.69) is 0 Å². The smallest absolute Gasteiger partial charge is 0.309 e. The van der Waals surface area contributed by atoms with E-state index in [1.165, 1.54) is 0 Å². The summed E-state index contributed by atoms with van der Waals surface area (Å²) in [7, 11) is 0. The quantitative estimate of drug-likeness (QED) is 0.558. The fourth-order valence-corrected chi connectivity index (χ4v) is 2.79. The molecule has 1 aliphatic heterocycles. The molecule has 0 aromatic carbocycles. The lowest BCUT2D eigenvalue weighted by Gasteiger charge is -2.21. The molecule has 1 aliphatic carbocycles. The highest BCUT2D eigenvalue weighted by atomic mass is 16.6. The third-order valence-electron chi connectivity index (χ3n) is 4.27. The summed E-state index contributed by atoms with van der Waals surface area (Å²) in [6.07, 6.45) is 5.05. The lowest BCUT2D eigenvalue weighted by atomic mass is 9.84. The van der Waals surface area contributed by atoms with Gasteiger partial charge in [0.05, 0.1) is 18.6 Å². The monoisotopic (exact) mass is 266 g/mol. The number of rotatable bonds is 1. The van der Waals surface area contributed by atoms with Crippen LogP contribution in [0.4, 0.5) is 0 Å². The molecule has 19 heavy (non-hydrogen) atoms. The molecule has 2 aliphatic rings. The van der Waals surface area contributed by atoms with Gasteiger partial charge < -0.3 is 14.9 Å². The van der Waals surface area contributed by atoms with Crippen LogP contribution in [-0.2, 0) is 9.53 Å². The third-order valence-corrected chi connectivity index (χ3v) is 4.27. The van der Waals surface area contributed by atoms with Gasteiger partial charge in [0.25, 0.3) is 0 Å². The summed E-state index contributed by atoms with van der Waals surface area (Å²) in [5, 5.41) is 19.3. The zero-order valence-electron chi connectivity index (χ0n) is 11.5. The van der Waals surface area contributed by atoms with Gasteiger partial charge in [-0.15, -0.1) is 0 Å². The zero-order valence-corrected chi connectivity index (χ0v) is 11.5. The van der Waals surface area contributed by atoms with Crippen LogP contribution in [0.5, 0.6) is 0 Å². The molecule has 4 heteroatoms. The molecule has 1 heterocycles. The first-order valence-electron chi connectivity index (χ1n) is 6.88. The van der Waals surface area contributed by atoms with E-state index in [0.717, 1.165) is 24.0 Å². The molecular weight excluding hydrogens is 244 g/mol. The van der Waals surface area contributed by atoms with E-state index >= 15 is 0 Å². The number of ether oxygens (including phenoxy) is 1. The maximum absolute atomic E-state index is 11.7. The van der Waals surface area contributed by atoms with Crippen LogP contribution >= 0.6 is 0 Å². The summed E-state index contributed by atoms with van der Waals surface area (Å²) in [6, 6.07) is 0. The highest BCUT2D eigenvalue weighted by molar-refractivity contribution is 5.75. The molecular formula is C15H22O4. The molecule has 2 rings (SSSR count). The van der Waals surface area contributed by atoms with Crippen molar-refractivity contribution in [2.45, 2.75) is 45.3 Å². The number of hydrogen-bond acceptors (Lipinski definition) is 4. The van der Waals surface area contributed by atoms with Crippen molar-refractivity contribution in [1.82, 2.24) is 0 Å². The molecule has 0 saturated carbocycles. The van der Waals surface area contributed by atoms with Gasteiger partial charge in [0, 0.05) is 5.92 Å². The van der Waals surface area contributed by atoms with Crippen LogP contribution < -0.4 is 0 Å². The Hall–Kier alpha value is -1.13. The van der Waals surface area contributed by atoms with Gasteiger partial charge in [-0.1, -0.05) is 13.0 Å². The van der Waals surface area contributed by atoms with Crippen LogP contribution in [0.25, 0.3) is 0 Å². The molecule has 2 N–H and O–H groups in total. The summed E-state index contributed by atoms with van der Waals surface area (Å²) >= 11 is 0. The second kappa shape index (κ2) is 5.88. The average Bonchev–Trinajstić information content (AvgIpc) is 2.65. The Morgan fingerprint density at radius 2 is 2.21 bits per heavy atom. The fraction of sp³-hybridized carbons (Fsp3) is 0.667. The highest BCUT2D eigenvalue weighted by Gasteiger charge is 2.40.